The Morgan fingerprint density at radius 3 is 2.46 bits per heavy atom. The van der Waals surface area contributed by atoms with Gasteiger partial charge in [-0.1, -0.05) is 0 Å². The highest BCUT2D eigenvalue weighted by molar-refractivity contribution is 14.1. The maximum atomic E-state index is 5.44. The van der Waals surface area contributed by atoms with E-state index in [1.54, 1.807) is 7.11 Å². The minimum Gasteiger partial charge on any atom is -0.383 e. The molecule has 0 aliphatic carbocycles. The van der Waals surface area contributed by atoms with E-state index in [1.807, 2.05) is 23.0 Å². The van der Waals surface area contributed by atoms with Crippen molar-refractivity contribution < 1.29 is 7.80 Å². The van der Waals surface area contributed by atoms with Crippen LogP contribution < -0.4 is 0 Å². The van der Waals surface area contributed by atoms with E-state index in [0.717, 1.165) is 39.1 Å². The van der Waals surface area contributed by atoms with Gasteiger partial charge in [0, 0.05) is 26.7 Å². The molecule has 13 heavy (non-hydrogen) atoms. The molecule has 0 atom stereocenters. The van der Waals surface area contributed by atoms with E-state index in [-0.39, 0.29) is 5.60 Å². The average Bonchev–Trinajstić information content (AvgIpc) is 2.17. The summed E-state index contributed by atoms with van der Waals surface area (Å²) in [6.07, 6.45) is 2.25. The molecule has 1 heterocycles. The Hall–Kier alpha value is 0.610. The van der Waals surface area contributed by atoms with Crippen LogP contribution in [0, 0.1) is 0 Å². The molecule has 1 aliphatic heterocycles. The first-order valence-electron chi connectivity index (χ1n) is 4.71. The molecule has 0 bridgehead atoms. The number of nitrogens with zero attached hydrogens (tertiary/aromatic N) is 1. The zero-order valence-electron chi connectivity index (χ0n) is 8.38. The minimum absolute atomic E-state index is 0.101. The summed E-state index contributed by atoms with van der Waals surface area (Å²) < 4.78 is 10.5. The molecule has 0 radical (unpaired) electrons. The van der Waals surface area contributed by atoms with Gasteiger partial charge in [0.25, 0.3) is 0 Å². The van der Waals surface area contributed by atoms with Crippen molar-refractivity contribution >= 4 is 23.0 Å². The molecule has 0 N–H and O–H groups in total. The van der Waals surface area contributed by atoms with Gasteiger partial charge < -0.3 is 12.7 Å². The Labute approximate surface area is 94.5 Å². The van der Waals surface area contributed by atoms with Crippen molar-refractivity contribution in [3.05, 3.63) is 0 Å². The topological polar surface area (TPSA) is 21.7 Å². The van der Waals surface area contributed by atoms with E-state index < -0.39 is 0 Å². The third-order valence-electron chi connectivity index (χ3n) is 2.71. The quantitative estimate of drug-likeness (QED) is 0.740. The van der Waals surface area contributed by atoms with Crippen molar-refractivity contribution in [2.75, 3.05) is 33.4 Å². The number of halogens is 1. The highest BCUT2D eigenvalue weighted by Crippen LogP contribution is 2.27. The van der Waals surface area contributed by atoms with E-state index in [9.17, 15) is 0 Å². The summed E-state index contributed by atoms with van der Waals surface area (Å²) in [5, 5.41) is 0. The van der Waals surface area contributed by atoms with Crippen LogP contribution in [0.15, 0.2) is 0 Å². The van der Waals surface area contributed by atoms with Crippen LogP contribution in [0.2, 0.25) is 0 Å². The minimum atomic E-state index is 0.101. The summed E-state index contributed by atoms with van der Waals surface area (Å²) in [5.74, 6) is 0. The molecule has 0 aromatic rings. The van der Waals surface area contributed by atoms with Gasteiger partial charge in [-0.2, -0.15) is 0 Å². The first kappa shape index (κ1) is 11.7. The van der Waals surface area contributed by atoms with Crippen LogP contribution in [0.3, 0.4) is 0 Å². The van der Waals surface area contributed by atoms with Crippen molar-refractivity contribution in [3.63, 3.8) is 0 Å². The molecule has 4 heteroatoms. The number of piperidine rings is 1. The van der Waals surface area contributed by atoms with Gasteiger partial charge in [-0.05, 0) is 19.8 Å². The second-order valence-electron chi connectivity index (χ2n) is 3.86. The zero-order valence-corrected chi connectivity index (χ0v) is 10.5. The number of likely N-dealkylation sites (tertiary alicyclic amines) is 1. The molecular formula is C9H18INO2. The van der Waals surface area contributed by atoms with E-state index in [2.05, 4.69) is 11.8 Å². The molecule has 0 unspecified atom stereocenters. The van der Waals surface area contributed by atoms with Crippen LogP contribution in [0.1, 0.15) is 19.8 Å². The molecule has 1 rings (SSSR count). The SMILES string of the molecule is COCCN1CCC(C)(OI)CC1. The summed E-state index contributed by atoms with van der Waals surface area (Å²) in [7, 11) is 1.75. The highest BCUT2D eigenvalue weighted by atomic mass is 127. The van der Waals surface area contributed by atoms with E-state index in [4.69, 9.17) is 7.80 Å². The van der Waals surface area contributed by atoms with Gasteiger partial charge in [-0.15, -0.1) is 0 Å². The lowest BCUT2D eigenvalue weighted by Gasteiger charge is -2.37. The second-order valence-corrected chi connectivity index (χ2v) is 4.30. The average molecular weight is 299 g/mol. The lowest BCUT2D eigenvalue weighted by Crippen LogP contribution is -2.43. The Kier molecular flexibility index (Phi) is 4.93. The Balaban J connectivity index is 2.22. The maximum absolute atomic E-state index is 5.44. The maximum Gasteiger partial charge on any atom is 0.110 e. The molecule has 1 saturated heterocycles. The molecule has 0 aromatic carbocycles. The van der Waals surface area contributed by atoms with Crippen LogP contribution in [-0.2, 0) is 7.80 Å². The molecule has 0 aromatic heterocycles. The van der Waals surface area contributed by atoms with Gasteiger partial charge in [-0.25, -0.2) is 0 Å². The second kappa shape index (κ2) is 5.48. The van der Waals surface area contributed by atoms with Gasteiger partial charge in [0.15, 0.2) is 0 Å². The summed E-state index contributed by atoms with van der Waals surface area (Å²) >= 11 is 2.02. The first-order chi connectivity index (χ1) is 6.20. The van der Waals surface area contributed by atoms with Crippen LogP contribution in [0.4, 0.5) is 0 Å². The summed E-state index contributed by atoms with van der Waals surface area (Å²) in [4.78, 5) is 2.43. The normalized spacial score (nSPS) is 23.3. The summed E-state index contributed by atoms with van der Waals surface area (Å²) in [5.41, 5.74) is 0.101. The molecule has 1 aliphatic rings. The summed E-state index contributed by atoms with van der Waals surface area (Å²) in [6.45, 7) is 6.33. The molecule has 0 spiro atoms. The van der Waals surface area contributed by atoms with E-state index in [1.165, 1.54) is 0 Å². The molecule has 0 saturated carbocycles. The van der Waals surface area contributed by atoms with Crippen LogP contribution in [0.5, 0.6) is 0 Å². The first-order valence-corrected chi connectivity index (χ1v) is 5.59. The van der Waals surface area contributed by atoms with Gasteiger partial charge >= 0.3 is 0 Å². The smallest absolute Gasteiger partial charge is 0.110 e. The molecule has 1 fully saturated rings. The predicted molar refractivity (Wildman–Crippen MR) is 61.1 cm³/mol. The van der Waals surface area contributed by atoms with Gasteiger partial charge in [0.2, 0.25) is 0 Å². The molecule has 3 nitrogen and oxygen atoms in total. The standard InChI is InChI=1S/C9H18INO2/c1-9(13-10)3-5-11(6-4-9)7-8-12-2/h3-8H2,1-2H3. The van der Waals surface area contributed by atoms with Crippen molar-refractivity contribution in [2.24, 2.45) is 0 Å². The summed E-state index contributed by atoms with van der Waals surface area (Å²) in [6, 6.07) is 0. The lowest BCUT2D eigenvalue weighted by molar-refractivity contribution is 0.0409. The number of methoxy groups -OCH3 is 1. The van der Waals surface area contributed by atoms with Crippen LogP contribution in [-0.4, -0.2) is 43.9 Å². The molecule has 0 amide bonds. The molecular weight excluding hydrogens is 281 g/mol. The van der Waals surface area contributed by atoms with Crippen LogP contribution in [0.25, 0.3) is 0 Å². The lowest BCUT2D eigenvalue weighted by atomic mass is 9.94. The third kappa shape index (κ3) is 3.69. The van der Waals surface area contributed by atoms with Gasteiger partial charge in [-0.3, -0.25) is 0 Å². The van der Waals surface area contributed by atoms with Crippen LogP contribution >= 0.6 is 23.0 Å². The highest BCUT2D eigenvalue weighted by Gasteiger charge is 2.30. The monoisotopic (exact) mass is 299 g/mol. The fourth-order valence-corrected chi connectivity index (χ4v) is 1.99. The van der Waals surface area contributed by atoms with Crippen molar-refractivity contribution in [1.82, 2.24) is 4.90 Å². The molecule has 78 valence electrons. The Morgan fingerprint density at radius 1 is 1.38 bits per heavy atom. The fraction of sp³-hybridized carbons (Fsp3) is 1.00. The predicted octanol–water partition coefficient (Wildman–Crippen LogP) is 1.85. The van der Waals surface area contributed by atoms with E-state index in [0.29, 0.717) is 0 Å². The fourth-order valence-electron chi connectivity index (χ4n) is 1.55. The Bertz CT molecular complexity index is 147. The number of hydrogen-bond acceptors (Lipinski definition) is 3. The Morgan fingerprint density at radius 2 is 2.00 bits per heavy atom. The third-order valence-corrected chi connectivity index (χ3v) is 3.77. The zero-order chi connectivity index (χ0) is 9.73. The van der Waals surface area contributed by atoms with Gasteiger partial charge in [0.05, 0.1) is 12.2 Å². The van der Waals surface area contributed by atoms with E-state index >= 15 is 0 Å². The van der Waals surface area contributed by atoms with Gasteiger partial charge in [0.1, 0.15) is 23.0 Å². The largest absolute Gasteiger partial charge is 0.383 e. The number of hydrogen-bond donors (Lipinski definition) is 0. The van der Waals surface area contributed by atoms with Crippen molar-refractivity contribution in [2.45, 2.75) is 25.4 Å². The number of ether oxygens (including phenoxy) is 1. The number of rotatable bonds is 4. The van der Waals surface area contributed by atoms with Crippen molar-refractivity contribution in [1.29, 1.82) is 0 Å². The van der Waals surface area contributed by atoms with Crippen molar-refractivity contribution in [3.8, 4) is 0 Å².